The van der Waals surface area contributed by atoms with E-state index in [9.17, 15) is 63.3 Å². The zero-order valence-electron chi connectivity index (χ0n) is 56.1. The third kappa shape index (κ3) is 15.0. The molecule has 0 bridgehead atoms. The fraction of sp³-hybridized carbons (Fsp3) is 0.348. The number of aromatic nitrogens is 6. The number of fused-ring (bicyclic) bond motifs is 2. The molecule has 96 heavy (non-hydrogen) atoms. The third-order valence-corrected chi connectivity index (χ3v) is 15.8. The molecular formula is C69H79N11O15S. The summed E-state index contributed by atoms with van der Waals surface area (Å²) >= 11 is 5.06. The van der Waals surface area contributed by atoms with Crippen LogP contribution in [0.1, 0.15) is 151 Å². The van der Waals surface area contributed by atoms with Gasteiger partial charge in [-0.15, -0.1) is 0 Å². The van der Waals surface area contributed by atoms with Crippen LogP contribution in [0.2, 0.25) is 0 Å². The highest BCUT2D eigenvalue weighted by Gasteiger charge is 2.45. The van der Waals surface area contributed by atoms with Crippen molar-refractivity contribution in [3.63, 3.8) is 0 Å². The highest BCUT2D eigenvalue weighted by Crippen LogP contribution is 2.34. The summed E-state index contributed by atoms with van der Waals surface area (Å²) in [6.45, 7) is 37.6. The first-order chi connectivity index (χ1) is 45.1. The molecule has 0 unspecified atom stereocenters. The van der Waals surface area contributed by atoms with Gasteiger partial charge < -0.3 is 30.1 Å². The summed E-state index contributed by atoms with van der Waals surface area (Å²) in [5.74, 6) is -4.31. The monoisotopic (exact) mass is 1330 g/mol. The highest BCUT2D eigenvalue weighted by molar-refractivity contribution is 7.80. The van der Waals surface area contributed by atoms with Gasteiger partial charge in [-0.1, -0.05) is 120 Å². The summed E-state index contributed by atoms with van der Waals surface area (Å²) in [7, 11) is 1.26. The van der Waals surface area contributed by atoms with Gasteiger partial charge in [-0.3, -0.25) is 48.3 Å². The van der Waals surface area contributed by atoms with Crippen LogP contribution < -0.4 is 36.7 Å². The first-order valence-electron chi connectivity index (χ1n) is 30.6. The number of anilines is 3. The molecule has 2 fully saturated rings. The number of thiocarbonyl (C=S) groups is 1. The lowest BCUT2D eigenvalue weighted by molar-refractivity contribution is -0.132. The zero-order chi connectivity index (χ0) is 71.9. The molecule has 4 aromatic heterocycles. The van der Waals surface area contributed by atoms with E-state index in [1.54, 1.807) is 97.0 Å². The van der Waals surface area contributed by atoms with E-state index in [-0.39, 0.29) is 92.1 Å². The topological polar surface area (TPSA) is 335 Å². The van der Waals surface area contributed by atoms with Crippen LogP contribution in [0.15, 0.2) is 107 Å². The maximum absolute atomic E-state index is 13.1. The van der Waals surface area contributed by atoms with Gasteiger partial charge in [0.1, 0.15) is 18.0 Å². The van der Waals surface area contributed by atoms with Crippen molar-refractivity contribution < 1.29 is 63.1 Å². The minimum atomic E-state index is -0.779. The molecule has 6 heterocycles. The molecule has 7 amide bonds. The SMILES string of the molecule is C=C1C(=O)N(CO)C(=S)N(c2ccc(C(=O)OC)cc2)C1=O.C=C1C(=O)N(c2ccccc2NC(=O)C(C)C)C(=O)N(C(CC)CC)C1=O.C=c1c(C(C)(C)CO)nc2c(C(=O)OC(C)C)c(C(C)C)nn2c1=O.C=c1c(C(C)C)nn2c(=O)c(C)c(-c3ccccc3O)nc12. The molecule has 0 spiro atoms. The standard InChI is InChI=1S/C20H25N3O4.C18H25N3O4.C17H17N3O2.C14H12N2O5S/c1-6-14(7-2)22-18(25)13(5)19(26)23(20(22)27)16-11-9-8-10-15(16)21-17(24)12(3)4;1-9(2)13-12(17(24)25-10(3)4)15-19-14(18(6,7)8-22)11(5)16(23)21(15)20-13;1-9(2)14-10(3)16-18-15(11(4)17(22)20(16)19-14)12-7-5-6-8-13(12)21;1-8-11(18)15(7-17)14(22)16(12(8)19)10-5-3-9(4-6-10)13(20)21-2/h8-12,14H,5-7H2,1-4H3,(H,21,24);9-10,22H,5,8H2,1-4,6-7H3;5-9,21H,3H2,1-2,4H3;3-6,17H,1,7H2,2H3. The number of nitrogens with one attached hydrogen (secondary N) is 1. The molecule has 4 N–H and O–H groups in total. The lowest BCUT2D eigenvalue weighted by Gasteiger charge is -2.38. The molecule has 27 heteroatoms. The van der Waals surface area contributed by atoms with Gasteiger partial charge in [0.2, 0.25) is 5.91 Å². The maximum Gasteiger partial charge on any atom is 0.344 e. The molecule has 0 aliphatic carbocycles. The van der Waals surface area contributed by atoms with E-state index >= 15 is 0 Å². The number of nitrogens with zero attached hydrogens (tertiary/aromatic N) is 10. The lowest BCUT2D eigenvalue weighted by atomic mass is 9.89. The van der Waals surface area contributed by atoms with Crippen LogP contribution in [0, 0.1) is 12.8 Å². The Morgan fingerprint density at radius 3 is 1.77 bits per heavy atom. The number of carbonyl (C=O) groups is 8. The van der Waals surface area contributed by atoms with Crippen LogP contribution in [0.3, 0.4) is 0 Å². The largest absolute Gasteiger partial charge is 0.507 e. The van der Waals surface area contributed by atoms with Crippen LogP contribution in [0.4, 0.5) is 21.9 Å². The second-order valence-electron chi connectivity index (χ2n) is 24.1. The third-order valence-electron chi connectivity index (χ3n) is 15.4. The second kappa shape index (κ2) is 30.7. The number of carbonyl (C=O) groups excluding carboxylic acids is 8. The predicted molar refractivity (Wildman–Crippen MR) is 365 cm³/mol. The second-order valence-corrected chi connectivity index (χ2v) is 24.4. The van der Waals surface area contributed by atoms with E-state index in [2.05, 4.69) is 56.5 Å². The minimum absolute atomic E-state index is 0.0936. The Bertz CT molecular complexity index is 4500. The molecule has 2 aliphatic rings. The molecule has 0 saturated carbocycles. The number of barbiturate groups is 1. The van der Waals surface area contributed by atoms with Crippen molar-refractivity contribution in [2.75, 3.05) is 35.6 Å². The number of ether oxygens (including phenoxy) is 2. The Morgan fingerprint density at radius 2 is 1.23 bits per heavy atom. The summed E-state index contributed by atoms with van der Waals surface area (Å²) in [6.07, 6.45) is 0.819. The average Bonchev–Trinajstić information content (AvgIpc) is 1.42. The molecule has 9 rings (SSSR count). The number of rotatable bonds is 16. The van der Waals surface area contributed by atoms with Crippen molar-refractivity contribution in [3.05, 3.63) is 162 Å². The smallest absolute Gasteiger partial charge is 0.344 e. The van der Waals surface area contributed by atoms with Crippen LogP contribution in [-0.2, 0) is 38.9 Å². The van der Waals surface area contributed by atoms with Crippen molar-refractivity contribution in [2.24, 2.45) is 5.92 Å². The van der Waals surface area contributed by atoms with Gasteiger partial charge in [0.25, 0.3) is 34.7 Å². The fourth-order valence-corrected chi connectivity index (χ4v) is 10.3. The number of aliphatic hydroxyl groups is 2. The molecular weight excluding hydrogens is 1250 g/mol. The number of methoxy groups -OCH3 is 1. The number of benzene rings is 3. The number of urea groups is 1. The summed E-state index contributed by atoms with van der Waals surface area (Å²) in [4.78, 5) is 137. The van der Waals surface area contributed by atoms with Gasteiger partial charge in [0.15, 0.2) is 16.4 Å². The number of phenolic OH excluding ortho intramolecular Hbond substituents is 1. The van der Waals surface area contributed by atoms with Gasteiger partial charge in [-0.25, -0.2) is 29.3 Å². The number of hydrogen-bond donors (Lipinski definition) is 4. The van der Waals surface area contributed by atoms with Crippen molar-refractivity contribution in [2.45, 2.75) is 132 Å². The first-order valence-corrected chi connectivity index (χ1v) is 31.0. The minimum Gasteiger partial charge on any atom is -0.507 e. The number of imide groups is 2. The van der Waals surface area contributed by atoms with Crippen molar-refractivity contribution in [1.29, 1.82) is 0 Å². The Kier molecular flexibility index (Phi) is 23.8. The van der Waals surface area contributed by atoms with E-state index < -0.39 is 59.3 Å². The Hall–Kier alpha value is -10.5. The molecule has 2 saturated heterocycles. The van der Waals surface area contributed by atoms with Gasteiger partial charge in [0, 0.05) is 33.7 Å². The number of phenols is 1. The number of aliphatic hydroxyl groups excluding tert-OH is 2. The van der Waals surface area contributed by atoms with E-state index in [4.69, 9.17) is 17.0 Å². The summed E-state index contributed by atoms with van der Waals surface area (Å²) < 4.78 is 12.3. The molecule has 2 aliphatic heterocycles. The summed E-state index contributed by atoms with van der Waals surface area (Å²) in [5.41, 5.74) is 2.93. The van der Waals surface area contributed by atoms with E-state index in [1.807, 2.05) is 41.5 Å². The van der Waals surface area contributed by atoms with Crippen LogP contribution in [0.5, 0.6) is 5.75 Å². The Morgan fingerprint density at radius 1 is 0.677 bits per heavy atom. The Balaban J connectivity index is 0.000000203. The molecule has 7 aromatic rings. The molecule has 0 atom stereocenters. The number of esters is 2. The van der Waals surface area contributed by atoms with Crippen molar-refractivity contribution in [3.8, 4) is 17.0 Å². The van der Waals surface area contributed by atoms with E-state index in [0.29, 0.717) is 68.9 Å². The molecule has 506 valence electrons. The highest BCUT2D eigenvalue weighted by atomic mass is 32.1. The van der Waals surface area contributed by atoms with E-state index in [1.165, 1.54) is 35.9 Å². The average molecular weight is 1330 g/mol. The predicted octanol–water partition coefficient (Wildman–Crippen LogP) is 6.96. The number of para-hydroxylation sites is 3. The quantitative estimate of drug-likeness (QED) is 0.0329. The van der Waals surface area contributed by atoms with Crippen LogP contribution in [0.25, 0.3) is 35.7 Å². The fourth-order valence-electron chi connectivity index (χ4n) is 9.94. The van der Waals surface area contributed by atoms with Gasteiger partial charge >= 0.3 is 18.0 Å². The number of hydrogen-bond acceptors (Lipinski definition) is 20. The lowest BCUT2D eigenvalue weighted by Crippen LogP contribution is -2.59. The van der Waals surface area contributed by atoms with Crippen LogP contribution >= 0.6 is 12.2 Å². The van der Waals surface area contributed by atoms with Crippen molar-refractivity contribution in [1.82, 2.24) is 39.0 Å². The van der Waals surface area contributed by atoms with Gasteiger partial charge in [-0.05, 0) is 106 Å². The van der Waals surface area contributed by atoms with Crippen molar-refractivity contribution >= 4 is 106 Å². The zero-order valence-corrected chi connectivity index (χ0v) is 56.9. The normalized spacial score (nSPS) is 13.6. The summed E-state index contributed by atoms with van der Waals surface area (Å²) in [6, 6.07) is 18.2. The molecule has 26 nitrogen and oxygen atoms in total. The number of amides is 7. The van der Waals surface area contributed by atoms with Crippen LogP contribution in [-0.4, -0.2) is 140 Å². The van der Waals surface area contributed by atoms with Gasteiger partial charge in [0.05, 0.1) is 81.6 Å². The maximum atomic E-state index is 13.1. The van der Waals surface area contributed by atoms with Gasteiger partial charge in [-0.2, -0.15) is 19.2 Å². The summed E-state index contributed by atoms with van der Waals surface area (Å²) in [5, 5.41) is 40.9. The molecule has 3 aromatic carbocycles. The van der Waals surface area contributed by atoms with E-state index in [0.717, 1.165) is 29.8 Å². The Labute approximate surface area is 558 Å². The number of aromatic hydroxyl groups is 1. The first kappa shape index (κ1) is 74.5. The molecule has 0 radical (unpaired) electrons.